The van der Waals surface area contributed by atoms with E-state index in [4.69, 9.17) is 0 Å². The largest absolute Gasteiger partial charge is 0.347 e. The zero-order chi connectivity index (χ0) is 20.9. The minimum atomic E-state index is 0.147. The Morgan fingerprint density at radius 1 is 0.900 bits per heavy atom. The zero-order valence-electron chi connectivity index (χ0n) is 18.1. The van der Waals surface area contributed by atoms with E-state index >= 15 is 0 Å². The van der Waals surface area contributed by atoms with Crippen LogP contribution in [0, 0.1) is 5.92 Å². The van der Waals surface area contributed by atoms with Gasteiger partial charge in [-0.1, -0.05) is 24.3 Å². The van der Waals surface area contributed by atoms with Crippen molar-refractivity contribution in [2.24, 2.45) is 13.0 Å². The number of hydrogen-bond acceptors (Lipinski definition) is 2. The standard InChI is InChI=1S/C25H33N3O2/c1-26-14-4-5-23(26)25(30)28-17-12-22(13-18-28)19-21-8-6-20(7-9-21)10-11-24(29)27-15-2-3-16-27/h4-9,14,22H,2-3,10-13,15-19H2,1H3. The van der Waals surface area contributed by atoms with Gasteiger partial charge in [-0.05, 0) is 67.7 Å². The number of benzene rings is 1. The van der Waals surface area contributed by atoms with Gasteiger partial charge < -0.3 is 14.4 Å². The SMILES string of the molecule is Cn1cccc1C(=O)N1CCC(Cc2ccc(CCC(=O)N3CCCC3)cc2)CC1. The summed E-state index contributed by atoms with van der Waals surface area (Å²) < 4.78 is 1.90. The Bertz CT molecular complexity index is 857. The highest BCUT2D eigenvalue weighted by atomic mass is 16.2. The molecule has 1 aromatic heterocycles. The van der Waals surface area contributed by atoms with Gasteiger partial charge in [0, 0.05) is 45.8 Å². The van der Waals surface area contributed by atoms with Crippen LogP contribution in [0.4, 0.5) is 0 Å². The molecule has 3 heterocycles. The predicted octanol–water partition coefficient (Wildman–Crippen LogP) is 3.68. The van der Waals surface area contributed by atoms with Crippen LogP contribution in [0.3, 0.4) is 0 Å². The molecule has 0 bridgehead atoms. The molecule has 30 heavy (non-hydrogen) atoms. The highest BCUT2D eigenvalue weighted by Crippen LogP contribution is 2.23. The van der Waals surface area contributed by atoms with Gasteiger partial charge >= 0.3 is 0 Å². The summed E-state index contributed by atoms with van der Waals surface area (Å²) in [6.45, 7) is 3.55. The third-order valence-corrected chi connectivity index (χ3v) is 6.70. The van der Waals surface area contributed by atoms with Crippen molar-refractivity contribution in [3.8, 4) is 0 Å². The number of carbonyl (C=O) groups is 2. The van der Waals surface area contributed by atoms with Crippen molar-refractivity contribution >= 4 is 11.8 Å². The van der Waals surface area contributed by atoms with Gasteiger partial charge in [-0.25, -0.2) is 0 Å². The highest BCUT2D eigenvalue weighted by Gasteiger charge is 2.25. The molecule has 2 aromatic rings. The summed E-state index contributed by atoms with van der Waals surface area (Å²) in [5.74, 6) is 1.08. The number of carbonyl (C=O) groups excluding carboxylic acids is 2. The molecule has 0 unspecified atom stereocenters. The van der Waals surface area contributed by atoms with Gasteiger partial charge in [0.05, 0.1) is 0 Å². The van der Waals surface area contributed by atoms with Crippen LogP contribution in [0.25, 0.3) is 0 Å². The molecule has 2 amide bonds. The van der Waals surface area contributed by atoms with Crippen LogP contribution >= 0.6 is 0 Å². The van der Waals surface area contributed by atoms with E-state index in [0.717, 1.165) is 70.4 Å². The fourth-order valence-corrected chi connectivity index (χ4v) is 4.74. The van der Waals surface area contributed by atoms with Gasteiger partial charge in [-0.2, -0.15) is 0 Å². The third kappa shape index (κ3) is 4.94. The molecular weight excluding hydrogens is 374 g/mol. The molecule has 1 aromatic carbocycles. The van der Waals surface area contributed by atoms with E-state index in [0.29, 0.717) is 18.2 Å². The molecule has 0 spiro atoms. The van der Waals surface area contributed by atoms with Crippen LogP contribution in [0.5, 0.6) is 0 Å². The molecular formula is C25H33N3O2. The summed E-state index contributed by atoms with van der Waals surface area (Å²) >= 11 is 0. The van der Waals surface area contributed by atoms with Crippen molar-refractivity contribution in [3.05, 3.63) is 59.4 Å². The Morgan fingerprint density at radius 3 is 2.20 bits per heavy atom. The second kappa shape index (κ2) is 9.50. The lowest BCUT2D eigenvalue weighted by molar-refractivity contribution is -0.130. The summed E-state index contributed by atoms with van der Waals surface area (Å²) in [6.07, 6.45) is 8.86. The quantitative estimate of drug-likeness (QED) is 0.733. The van der Waals surface area contributed by atoms with Crippen molar-refractivity contribution in [1.82, 2.24) is 14.4 Å². The van der Waals surface area contributed by atoms with Crippen molar-refractivity contribution in [2.75, 3.05) is 26.2 Å². The normalized spacial score (nSPS) is 17.5. The Balaban J connectivity index is 1.22. The molecule has 0 saturated carbocycles. The van der Waals surface area contributed by atoms with E-state index < -0.39 is 0 Å². The van der Waals surface area contributed by atoms with Crippen molar-refractivity contribution in [2.45, 2.75) is 44.9 Å². The van der Waals surface area contributed by atoms with Crippen LogP contribution in [0.2, 0.25) is 0 Å². The minimum absolute atomic E-state index is 0.147. The maximum atomic E-state index is 12.7. The maximum Gasteiger partial charge on any atom is 0.270 e. The monoisotopic (exact) mass is 407 g/mol. The predicted molar refractivity (Wildman–Crippen MR) is 118 cm³/mol. The molecule has 2 aliphatic rings. The van der Waals surface area contributed by atoms with Gasteiger partial charge in [0.25, 0.3) is 5.91 Å². The highest BCUT2D eigenvalue weighted by molar-refractivity contribution is 5.92. The van der Waals surface area contributed by atoms with Crippen LogP contribution in [0.15, 0.2) is 42.6 Å². The number of piperidine rings is 1. The summed E-state index contributed by atoms with van der Waals surface area (Å²) in [7, 11) is 1.92. The molecule has 2 saturated heterocycles. The second-order valence-electron chi connectivity index (χ2n) is 8.85. The van der Waals surface area contributed by atoms with Crippen LogP contribution in [-0.2, 0) is 24.7 Å². The molecule has 5 heteroatoms. The lowest BCUT2D eigenvalue weighted by Gasteiger charge is -2.32. The van der Waals surface area contributed by atoms with Gasteiger partial charge in [-0.3, -0.25) is 9.59 Å². The number of likely N-dealkylation sites (tertiary alicyclic amines) is 2. The second-order valence-corrected chi connectivity index (χ2v) is 8.85. The molecule has 0 N–H and O–H groups in total. The first-order chi connectivity index (χ1) is 14.6. The molecule has 160 valence electrons. The third-order valence-electron chi connectivity index (χ3n) is 6.70. The Labute approximate surface area is 179 Å². The Hall–Kier alpha value is -2.56. The number of aromatic nitrogens is 1. The summed E-state index contributed by atoms with van der Waals surface area (Å²) in [5.41, 5.74) is 3.37. The van der Waals surface area contributed by atoms with E-state index in [2.05, 4.69) is 24.3 Å². The van der Waals surface area contributed by atoms with E-state index in [-0.39, 0.29) is 5.91 Å². The van der Waals surface area contributed by atoms with E-state index in [1.54, 1.807) is 0 Å². The first kappa shape index (κ1) is 20.7. The summed E-state index contributed by atoms with van der Waals surface area (Å²) in [4.78, 5) is 28.9. The lowest BCUT2D eigenvalue weighted by Crippen LogP contribution is -2.39. The number of amides is 2. The zero-order valence-corrected chi connectivity index (χ0v) is 18.1. The van der Waals surface area contributed by atoms with Gasteiger partial charge in [-0.15, -0.1) is 0 Å². The Morgan fingerprint density at radius 2 is 1.57 bits per heavy atom. The molecule has 2 fully saturated rings. The number of hydrogen-bond donors (Lipinski definition) is 0. The van der Waals surface area contributed by atoms with Crippen molar-refractivity contribution < 1.29 is 9.59 Å². The fraction of sp³-hybridized carbons (Fsp3) is 0.520. The lowest BCUT2D eigenvalue weighted by atomic mass is 9.89. The van der Waals surface area contributed by atoms with Crippen molar-refractivity contribution in [3.63, 3.8) is 0 Å². The average Bonchev–Trinajstić information content (AvgIpc) is 3.45. The van der Waals surface area contributed by atoms with Crippen LogP contribution < -0.4 is 0 Å². The Kier molecular flexibility index (Phi) is 6.56. The van der Waals surface area contributed by atoms with E-state index in [9.17, 15) is 9.59 Å². The first-order valence-electron chi connectivity index (χ1n) is 11.4. The fourth-order valence-electron chi connectivity index (χ4n) is 4.74. The molecule has 0 radical (unpaired) electrons. The summed E-state index contributed by atoms with van der Waals surface area (Å²) in [6, 6.07) is 12.6. The van der Waals surface area contributed by atoms with Gasteiger partial charge in [0.2, 0.25) is 5.91 Å². The molecule has 0 atom stereocenters. The molecule has 2 aliphatic heterocycles. The number of rotatable bonds is 6. The van der Waals surface area contributed by atoms with Crippen LogP contribution in [-0.4, -0.2) is 52.4 Å². The minimum Gasteiger partial charge on any atom is -0.347 e. The van der Waals surface area contributed by atoms with E-state index in [1.165, 1.54) is 11.1 Å². The number of nitrogens with zero attached hydrogens (tertiary/aromatic N) is 3. The molecule has 4 rings (SSSR count). The average molecular weight is 408 g/mol. The van der Waals surface area contributed by atoms with Gasteiger partial charge in [0.15, 0.2) is 0 Å². The van der Waals surface area contributed by atoms with Crippen molar-refractivity contribution in [1.29, 1.82) is 0 Å². The smallest absolute Gasteiger partial charge is 0.270 e. The molecule has 0 aliphatic carbocycles. The summed E-state index contributed by atoms with van der Waals surface area (Å²) in [5, 5.41) is 0. The van der Waals surface area contributed by atoms with Crippen LogP contribution in [0.1, 0.15) is 53.7 Å². The first-order valence-corrected chi connectivity index (χ1v) is 11.4. The number of aryl methyl sites for hydroxylation is 2. The van der Waals surface area contributed by atoms with Gasteiger partial charge in [0.1, 0.15) is 5.69 Å². The maximum absolute atomic E-state index is 12.7. The topological polar surface area (TPSA) is 45.6 Å². The van der Waals surface area contributed by atoms with E-state index in [1.807, 2.05) is 39.7 Å². The molecule has 5 nitrogen and oxygen atoms in total.